The first-order chi connectivity index (χ1) is 7.25. The molecule has 0 spiro atoms. The SMILES string of the molecule is CC(=O)c1cc(CN2CCNCC2)cs1. The molecule has 1 fully saturated rings. The van der Waals surface area contributed by atoms with Gasteiger partial charge in [0.2, 0.25) is 0 Å². The average Bonchev–Trinajstić information content (AvgIpc) is 2.68. The van der Waals surface area contributed by atoms with Crippen LogP contribution in [-0.4, -0.2) is 36.9 Å². The molecule has 0 aliphatic carbocycles. The topological polar surface area (TPSA) is 32.3 Å². The van der Waals surface area contributed by atoms with Crippen LogP contribution in [0.5, 0.6) is 0 Å². The standard InChI is InChI=1S/C11H16N2OS/c1-9(14)11-6-10(8-15-11)7-13-4-2-12-3-5-13/h6,8,12H,2-5,7H2,1H3. The van der Waals surface area contributed by atoms with Gasteiger partial charge in [0.1, 0.15) is 0 Å². The Morgan fingerprint density at radius 2 is 2.27 bits per heavy atom. The van der Waals surface area contributed by atoms with Crippen LogP contribution in [0.15, 0.2) is 11.4 Å². The number of carbonyl (C=O) groups is 1. The zero-order chi connectivity index (χ0) is 10.7. The number of rotatable bonds is 3. The van der Waals surface area contributed by atoms with Crippen LogP contribution in [0.4, 0.5) is 0 Å². The zero-order valence-corrected chi connectivity index (χ0v) is 9.77. The number of ketones is 1. The summed E-state index contributed by atoms with van der Waals surface area (Å²) in [6.07, 6.45) is 0. The van der Waals surface area contributed by atoms with Crippen LogP contribution in [0.1, 0.15) is 22.2 Å². The maximum Gasteiger partial charge on any atom is 0.169 e. The molecule has 0 amide bonds. The van der Waals surface area contributed by atoms with Crippen molar-refractivity contribution >= 4 is 17.1 Å². The molecule has 1 aromatic rings. The van der Waals surface area contributed by atoms with E-state index in [9.17, 15) is 4.79 Å². The predicted molar refractivity (Wildman–Crippen MR) is 62.5 cm³/mol. The van der Waals surface area contributed by atoms with E-state index in [0.29, 0.717) is 0 Å². The van der Waals surface area contributed by atoms with Crippen LogP contribution in [0.2, 0.25) is 0 Å². The highest BCUT2D eigenvalue weighted by atomic mass is 32.1. The lowest BCUT2D eigenvalue weighted by atomic mass is 10.2. The number of thiophene rings is 1. The van der Waals surface area contributed by atoms with Gasteiger partial charge < -0.3 is 5.32 Å². The van der Waals surface area contributed by atoms with Gasteiger partial charge in [0.25, 0.3) is 0 Å². The van der Waals surface area contributed by atoms with Crippen molar-refractivity contribution < 1.29 is 4.79 Å². The maximum absolute atomic E-state index is 11.1. The highest BCUT2D eigenvalue weighted by molar-refractivity contribution is 7.12. The second-order valence-corrected chi connectivity index (χ2v) is 4.81. The molecule has 0 bridgehead atoms. The molecular weight excluding hydrogens is 208 g/mol. The van der Waals surface area contributed by atoms with Gasteiger partial charge in [0.15, 0.2) is 5.78 Å². The van der Waals surface area contributed by atoms with Gasteiger partial charge in [-0.25, -0.2) is 0 Å². The first kappa shape index (κ1) is 10.8. The normalized spacial score (nSPS) is 17.9. The van der Waals surface area contributed by atoms with Crippen LogP contribution >= 0.6 is 11.3 Å². The van der Waals surface area contributed by atoms with E-state index in [2.05, 4.69) is 15.6 Å². The fourth-order valence-corrected chi connectivity index (χ4v) is 2.58. The molecule has 1 aromatic heterocycles. The summed E-state index contributed by atoms with van der Waals surface area (Å²) in [6.45, 7) is 6.95. The molecule has 3 nitrogen and oxygen atoms in total. The maximum atomic E-state index is 11.1. The van der Waals surface area contributed by atoms with Crippen LogP contribution in [-0.2, 0) is 6.54 Å². The van der Waals surface area contributed by atoms with Crippen molar-refractivity contribution in [3.63, 3.8) is 0 Å². The van der Waals surface area contributed by atoms with Gasteiger partial charge in [-0.3, -0.25) is 9.69 Å². The molecule has 15 heavy (non-hydrogen) atoms. The Balaban J connectivity index is 1.94. The van der Waals surface area contributed by atoms with Crippen LogP contribution < -0.4 is 5.32 Å². The average molecular weight is 224 g/mol. The summed E-state index contributed by atoms with van der Waals surface area (Å²) >= 11 is 1.55. The number of Topliss-reactive ketones (excluding diaryl/α,β-unsaturated/α-hetero) is 1. The lowest BCUT2D eigenvalue weighted by Crippen LogP contribution is -2.42. The Hall–Kier alpha value is -0.710. The molecule has 0 saturated carbocycles. The van der Waals surface area contributed by atoms with Crippen molar-refractivity contribution in [2.45, 2.75) is 13.5 Å². The molecule has 0 atom stereocenters. The van der Waals surface area contributed by atoms with Crippen LogP contribution in [0, 0.1) is 0 Å². The molecule has 1 saturated heterocycles. The van der Waals surface area contributed by atoms with E-state index in [0.717, 1.165) is 37.6 Å². The molecule has 1 aliphatic rings. The van der Waals surface area contributed by atoms with Crippen LogP contribution in [0.25, 0.3) is 0 Å². The summed E-state index contributed by atoms with van der Waals surface area (Å²) in [7, 11) is 0. The highest BCUT2D eigenvalue weighted by Gasteiger charge is 2.11. The van der Waals surface area contributed by atoms with Gasteiger partial charge in [-0.05, 0) is 23.9 Å². The Kier molecular flexibility index (Phi) is 3.51. The number of nitrogens with zero attached hydrogens (tertiary/aromatic N) is 1. The van der Waals surface area contributed by atoms with E-state index in [1.54, 1.807) is 18.3 Å². The fourth-order valence-electron chi connectivity index (χ4n) is 1.77. The number of hydrogen-bond acceptors (Lipinski definition) is 4. The number of hydrogen-bond donors (Lipinski definition) is 1. The van der Waals surface area contributed by atoms with E-state index in [1.165, 1.54) is 5.56 Å². The third-order valence-electron chi connectivity index (χ3n) is 2.62. The lowest BCUT2D eigenvalue weighted by molar-refractivity contribution is 0.102. The minimum Gasteiger partial charge on any atom is -0.314 e. The van der Waals surface area contributed by atoms with Crippen molar-refractivity contribution in [3.05, 3.63) is 21.9 Å². The van der Waals surface area contributed by atoms with Crippen molar-refractivity contribution in [1.29, 1.82) is 0 Å². The summed E-state index contributed by atoms with van der Waals surface area (Å²) in [5, 5.41) is 5.43. The molecular formula is C11H16N2OS. The second kappa shape index (κ2) is 4.88. The molecule has 82 valence electrons. The summed E-state index contributed by atoms with van der Waals surface area (Å²) in [4.78, 5) is 14.4. The first-order valence-corrected chi connectivity index (χ1v) is 6.15. The van der Waals surface area contributed by atoms with E-state index >= 15 is 0 Å². The molecule has 1 aliphatic heterocycles. The van der Waals surface area contributed by atoms with Gasteiger partial charge >= 0.3 is 0 Å². The summed E-state index contributed by atoms with van der Waals surface area (Å²) in [5.74, 6) is 0.173. The first-order valence-electron chi connectivity index (χ1n) is 5.27. The summed E-state index contributed by atoms with van der Waals surface area (Å²) in [6, 6.07) is 2.02. The summed E-state index contributed by atoms with van der Waals surface area (Å²) < 4.78 is 0. The third-order valence-corrected chi connectivity index (χ3v) is 3.70. The number of nitrogens with one attached hydrogen (secondary N) is 1. The lowest BCUT2D eigenvalue weighted by Gasteiger charge is -2.26. The Labute approximate surface area is 94.1 Å². The van der Waals surface area contributed by atoms with Crippen molar-refractivity contribution in [3.8, 4) is 0 Å². The molecule has 2 rings (SSSR count). The monoisotopic (exact) mass is 224 g/mol. The van der Waals surface area contributed by atoms with Gasteiger partial charge in [-0.2, -0.15) is 0 Å². The molecule has 0 unspecified atom stereocenters. The van der Waals surface area contributed by atoms with E-state index in [1.807, 2.05) is 6.07 Å². The molecule has 0 aromatic carbocycles. The van der Waals surface area contributed by atoms with Gasteiger partial charge in [-0.15, -0.1) is 11.3 Å². The van der Waals surface area contributed by atoms with Crippen molar-refractivity contribution in [1.82, 2.24) is 10.2 Å². The Bertz CT molecular complexity index is 342. The summed E-state index contributed by atoms with van der Waals surface area (Å²) in [5.41, 5.74) is 1.27. The predicted octanol–water partition coefficient (Wildman–Crippen LogP) is 1.36. The quantitative estimate of drug-likeness (QED) is 0.787. The van der Waals surface area contributed by atoms with E-state index < -0.39 is 0 Å². The largest absolute Gasteiger partial charge is 0.314 e. The Morgan fingerprint density at radius 3 is 2.87 bits per heavy atom. The van der Waals surface area contributed by atoms with Crippen molar-refractivity contribution in [2.75, 3.05) is 26.2 Å². The van der Waals surface area contributed by atoms with E-state index in [4.69, 9.17) is 0 Å². The minimum absolute atomic E-state index is 0.173. The highest BCUT2D eigenvalue weighted by Crippen LogP contribution is 2.17. The number of piperazine rings is 1. The minimum atomic E-state index is 0.173. The van der Waals surface area contributed by atoms with Gasteiger partial charge in [0.05, 0.1) is 4.88 Å². The third kappa shape index (κ3) is 2.87. The molecule has 2 heterocycles. The van der Waals surface area contributed by atoms with Crippen LogP contribution in [0.3, 0.4) is 0 Å². The van der Waals surface area contributed by atoms with Crippen molar-refractivity contribution in [2.24, 2.45) is 0 Å². The second-order valence-electron chi connectivity index (χ2n) is 3.90. The zero-order valence-electron chi connectivity index (χ0n) is 8.95. The van der Waals surface area contributed by atoms with Gasteiger partial charge in [0, 0.05) is 32.7 Å². The Morgan fingerprint density at radius 1 is 1.53 bits per heavy atom. The smallest absolute Gasteiger partial charge is 0.169 e. The molecule has 0 radical (unpaired) electrons. The molecule has 1 N–H and O–H groups in total. The van der Waals surface area contributed by atoms with Gasteiger partial charge in [-0.1, -0.05) is 0 Å². The van der Waals surface area contributed by atoms with E-state index in [-0.39, 0.29) is 5.78 Å². The molecule has 4 heteroatoms. The number of carbonyl (C=O) groups excluding carboxylic acids is 1. The fraction of sp³-hybridized carbons (Fsp3) is 0.545.